The fraction of sp³-hybridized carbons (Fsp3) is 0.0769. The van der Waals surface area contributed by atoms with E-state index in [1.54, 1.807) is 0 Å². The highest BCUT2D eigenvalue weighted by Crippen LogP contribution is 2.53. The second-order valence-corrected chi connectivity index (χ2v) is 15.7. The second kappa shape index (κ2) is 10.7. The van der Waals surface area contributed by atoms with Gasteiger partial charge in [-0.1, -0.05) is 141 Å². The molecule has 0 atom stereocenters. The van der Waals surface area contributed by atoms with Crippen LogP contribution in [0.5, 0.6) is 0 Å². The molecule has 0 saturated carbocycles. The van der Waals surface area contributed by atoms with Crippen molar-refractivity contribution in [2.75, 3.05) is 4.90 Å². The van der Waals surface area contributed by atoms with Crippen LogP contribution in [0.1, 0.15) is 36.1 Å². The van der Waals surface area contributed by atoms with Crippen LogP contribution in [0.3, 0.4) is 0 Å². The van der Waals surface area contributed by atoms with E-state index in [4.69, 9.17) is 0 Å². The zero-order valence-electron chi connectivity index (χ0n) is 30.3. The molecule has 54 heavy (non-hydrogen) atoms. The van der Waals surface area contributed by atoms with E-state index in [1.807, 2.05) is 0 Å². The molecule has 0 spiro atoms. The first-order chi connectivity index (χ1) is 26.6. The molecule has 0 amide bonds. The quantitative estimate of drug-likeness (QED) is 0.179. The van der Waals surface area contributed by atoms with Gasteiger partial charge in [-0.15, -0.1) is 0 Å². The third kappa shape index (κ3) is 3.90. The highest BCUT2D eigenvalue weighted by molar-refractivity contribution is 6.27. The van der Waals surface area contributed by atoms with Crippen molar-refractivity contribution in [2.24, 2.45) is 0 Å². The lowest BCUT2D eigenvalue weighted by molar-refractivity contribution is 0.660. The van der Waals surface area contributed by atoms with Gasteiger partial charge in [0.1, 0.15) is 0 Å². The Kier molecular flexibility index (Phi) is 5.93. The number of nitrogens with zero attached hydrogens (tertiary/aromatic N) is 2. The number of hydrogen-bond acceptors (Lipinski definition) is 1. The Labute approximate surface area is 314 Å². The first-order valence-corrected chi connectivity index (χ1v) is 19.1. The van der Waals surface area contributed by atoms with Crippen molar-refractivity contribution < 1.29 is 0 Å². The number of benzene rings is 8. The molecule has 2 aromatic heterocycles. The molecule has 2 aliphatic carbocycles. The topological polar surface area (TPSA) is 7.65 Å². The summed E-state index contributed by atoms with van der Waals surface area (Å²) in [6.07, 6.45) is 0.979. The maximum atomic E-state index is 2.50. The highest BCUT2D eigenvalue weighted by Gasteiger charge is 2.36. The Morgan fingerprint density at radius 3 is 1.98 bits per heavy atom. The molecular formula is C52H36N2. The van der Waals surface area contributed by atoms with Gasteiger partial charge < -0.3 is 9.30 Å². The fourth-order valence-corrected chi connectivity index (χ4v) is 10.1. The van der Waals surface area contributed by atoms with Gasteiger partial charge in [0.05, 0.1) is 22.2 Å². The van der Waals surface area contributed by atoms with Crippen LogP contribution in [0.4, 0.5) is 17.1 Å². The van der Waals surface area contributed by atoms with Crippen molar-refractivity contribution in [3.05, 3.63) is 192 Å². The lowest BCUT2D eigenvalue weighted by atomic mass is 9.82. The molecule has 0 bridgehead atoms. The third-order valence-electron chi connectivity index (χ3n) is 12.6. The van der Waals surface area contributed by atoms with Crippen molar-refractivity contribution in [1.29, 1.82) is 0 Å². The number of para-hydroxylation sites is 2. The van der Waals surface area contributed by atoms with Crippen molar-refractivity contribution in [3.8, 4) is 33.4 Å². The fourth-order valence-electron chi connectivity index (χ4n) is 10.1. The van der Waals surface area contributed by atoms with Crippen LogP contribution in [0, 0.1) is 0 Å². The van der Waals surface area contributed by atoms with Crippen LogP contribution in [0.2, 0.25) is 0 Å². The van der Waals surface area contributed by atoms with Gasteiger partial charge in [0.15, 0.2) is 0 Å². The van der Waals surface area contributed by atoms with E-state index in [0.717, 1.165) is 17.8 Å². The first kappa shape index (κ1) is 29.9. The predicted molar refractivity (Wildman–Crippen MR) is 227 cm³/mol. The molecule has 0 unspecified atom stereocenters. The second-order valence-electron chi connectivity index (χ2n) is 15.7. The Bertz CT molecular complexity index is 3160. The summed E-state index contributed by atoms with van der Waals surface area (Å²) < 4.78 is 2.48. The lowest BCUT2D eigenvalue weighted by Crippen LogP contribution is -2.14. The number of fused-ring (bicyclic) bond motifs is 12. The molecule has 2 heterocycles. The Balaban J connectivity index is 1.10. The highest BCUT2D eigenvalue weighted by atomic mass is 15.1. The molecule has 0 N–H and O–H groups in total. The van der Waals surface area contributed by atoms with E-state index in [9.17, 15) is 0 Å². The summed E-state index contributed by atoms with van der Waals surface area (Å²) in [4.78, 5) is 2.50. The maximum absolute atomic E-state index is 2.50. The molecule has 2 heteroatoms. The molecule has 0 saturated heterocycles. The minimum absolute atomic E-state index is 0.0368. The van der Waals surface area contributed by atoms with Crippen molar-refractivity contribution in [2.45, 2.75) is 25.7 Å². The van der Waals surface area contributed by atoms with E-state index >= 15 is 0 Å². The van der Waals surface area contributed by atoms with Crippen LogP contribution in [-0.4, -0.2) is 4.40 Å². The molecule has 0 aliphatic heterocycles. The van der Waals surface area contributed by atoms with Gasteiger partial charge >= 0.3 is 0 Å². The van der Waals surface area contributed by atoms with Gasteiger partial charge in [-0.25, -0.2) is 0 Å². The van der Waals surface area contributed by atoms with Gasteiger partial charge in [0.2, 0.25) is 0 Å². The average molecular weight is 689 g/mol. The molecule has 2 nitrogen and oxygen atoms in total. The summed E-state index contributed by atoms with van der Waals surface area (Å²) in [6, 6.07) is 63.5. The summed E-state index contributed by atoms with van der Waals surface area (Å²) in [5.41, 5.74) is 20.7. The number of aromatic nitrogens is 1. The zero-order valence-corrected chi connectivity index (χ0v) is 30.3. The Morgan fingerprint density at radius 2 is 1.13 bits per heavy atom. The normalized spacial score (nSPS) is 13.8. The summed E-state index contributed by atoms with van der Waals surface area (Å²) in [5, 5.41) is 5.14. The van der Waals surface area contributed by atoms with E-state index in [2.05, 4.69) is 193 Å². The van der Waals surface area contributed by atoms with Gasteiger partial charge in [-0.2, -0.15) is 0 Å². The minimum atomic E-state index is -0.0368. The third-order valence-corrected chi connectivity index (χ3v) is 12.6. The van der Waals surface area contributed by atoms with Gasteiger partial charge in [-0.05, 0) is 105 Å². The van der Waals surface area contributed by atoms with Crippen molar-refractivity contribution in [1.82, 2.24) is 4.40 Å². The smallest absolute Gasteiger partial charge is 0.0641 e. The van der Waals surface area contributed by atoms with E-state index in [0.29, 0.717) is 0 Å². The summed E-state index contributed by atoms with van der Waals surface area (Å²) >= 11 is 0. The lowest BCUT2D eigenvalue weighted by Gasteiger charge is -2.27. The van der Waals surface area contributed by atoms with Crippen LogP contribution in [0.25, 0.3) is 71.5 Å². The maximum Gasteiger partial charge on any atom is 0.0641 e. The number of anilines is 3. The molecule has 0 fully saturated rings. The monoisotopic (exact) mass is 688 g/mol. The molecule has 254 valence electrons. The summed E-state index contributed by atoms with van der Waals surface area (Å²) in [7, 11) is 0. The summed E-state index contributed by atoms with van der Waals surface area (Å²) in [6.45, 7) is 4.71. The molecule has 12 rings (SSSR count). The van der Waals surface area contributed by atoms with Crippen LogP contribution >= 0.6 is 0 Å². The Hall–Kier alpha value is -6.64. The van der Waals surface area contributed by atoms with Crippen LogP contribution in [-0.2, 0) is 11.8 Å². The number of rotatable bonds is 4. The molecular weight excluding hydrogens is 653 g/mol. The molecule has 8 aromatic carbocycles. The molecule has 0 radical (unpaired) electrons. The van der Waals surface area contributed by atoms with Crippen molar-refractivity contribution in [3.63, 3.8) is 0 Å². The largest absolute Gasteiger partial charge is 0.310 e. The van der Waals surface area contributed by atoms with E-state index < -0.39 is 0 Å². The average Bonchev–Trinajstić information content (AvgIpc) is 3.93. The summed E-state index contributed by atoms with van der Waals surface area (Å²) in [5.74, 6) is 0. The first-order valence-electron chi connectivity index (χ1n) is 19.1. The standard InChI is InChI=1S/C52H36N2/c1-52(2)44-18-8-5-15-41(44)49-38(17-11-19-45(49)52)32-22-25-35(26-23-32)53(36-27-24-34-30-33-12-3-4-13-37(33)43(34)31-36)48-29-28-40-39-14-6-9-20-46(39)54-47-21-10-7-16-42(47)50(48)51(40)54/h3-29,31H,30H2,1-2H3. The zero-order chi connectivity index (χ0) is 35.7. The van der Waals surface area contributed by atoms with Crippen LogP contribution < -0.4 is 4.90 Å². The van der Waals surface area contributed by atoms with Gasteiger partial charge in [0.25, 0.3) is 0 Å². The molecule has 2 aliphatic rings. The van der Waals surface area contributed by atoms with Gasteiger partial charge in [-0.3, -0.25) is 0 Å². The van der Waals surface area contributed by atoms with Crippen molar-refractivity contribution >= 4 is 55.2 Å². The predicted octanol–water partition coefficient (Wildman–Crippen LogP) is 13.9. The SMILES string of the molecule is CC1(C)c2ccccc2-c2c(-c3ccc(N(c4ccc5c(c4)-c4ccccc4C5)c4ccc5c6ccccc6n6c7ccccc7c4c56)cc3)cccc21. The number of hydrogen-bond donors (Lipinski definition) is 0. The van der Waals surface area contributed by atoms with Crippen LogP contribution in [0.15, 0.2) is 170 Å². The van der Waals surface area contributed by atoms with E-state index in [-0.39, 0.29) is 5.41 Å². The van der Waals surface area contributed by atoms with E-state index in [1.165, 1.54) is 99.4 Å². The van der Waals surface area contributed by atoms with Gasteiger partial charge in [0, 0.05) is 38.3 Å². The molecule has 10 aromatic rings. The minimum Gasteiger partial charge on any atom is -0.310 e. The Morgan fingerprint density at radius 1 is 0.481 bits per heavy atom.